The lowest BCUT2D eigenvalue weighted by atomic mass is 9.78. The summed E-state index contributed by atoms with van der Waals surface area (Å²) in [6.45, 7) is 6.71. The molecule has 2 fully saturated rings. The second-order valence-electron chi connectivity index (χ2n) is 7.93. The van der Waals surface area contributed by atoms with Crippen LogP contribution in [0, 0.1) is 5.41 Å². The fourth-order valence-electron chi connectivity index (χ4n) is 4.20. The minimum Gasteiger partial charge on any atom is -0.384 e. The molecule has 26 heavy (non-hydrogen) atoms. The lowest BCUT2D eigenvalue weighted by Gasteiger charge is -2.35. The molecule has 2 heterocycles. The van der Waals surface area contributed by atoms with Crippen LogP contribution in [-0.2, 0) is 16.1 Å². The Hall–Kier alpha value is -1.43. The predicted molar refractivity (Wildman–Crippen MR) is 105 cm³/mol. The van der Waals surface area contributed by atoms with E-state index in [-0.39, 0.29) is 5.91 Å². The molecule has 2 N–H and O–H groups in total. The van der Waals surface area contributed by atoms with Crippen molar-refractivity contribution >= 4 is 11.6 Å². The first kappa shape index (κ1) is 19.3. The zero-order chi connectivity index (χ0) is 18.4. The van der Waals surface area contributed by atoms with E-state index >= 15 is 0 Å². The Labute approximate surface area is 157 Å². The highest BCUT2D eigenvalue weighted by atomic mass is 16.5. The van der Waals surface area contributed by atoms with Crippen molar-refractivity contribution in [2.75, 3.05) is 38.7 Å². The van der Waals surface area contributed by atoms with Crippen molar-refractivity contribution in [3.05, 3.63) is 29.8 Å². The van der Waals surface area contributed by atoms with Gasteiger partial charge >= 0.3 is 0 Å². The molecule has 1 atom stereocenters. The van der Waals surface area contributed by atoms with E-state index in [4.69, 9.17) is 4.74 Å². The Balaban J connectivity index is 1.60. The zero-order valence-corrected chi connectivity index (χ0v) is 16.2. The van der Waals surface area contributed by atoms with Crippen LogP contribution in [-0.4, -0.2) is 50.2 Å². The van der Waals surface area contributed by atoms with Gasteiger partial charge in [0, 0.05) is 25.4 Å². The number of rotatable bonds is 6. The van der Waals surface area contributed by atoms with Crippen LogP contribution in [0.5, 0.6) is 0 Å². The van der Waals surface area contributed by atoms with Gasteiger partial charge in [-0.1, -0.05) is 18.6 Å². The molecule has 1 aromatic carbocycles. The average molecular weight is 360 g/mol. The summed E-state index contributed by atoms with van der Waals surface area (Å²) in [5.74, 6) is 0.0817. The molecule has 2 aliphatic rings. The van der Waals surface area contributed by atoms with Crippen molar-refractivity contribution in [1.29, 1.82) is 0 Å². The Morgan fingerprint density at radius 3 is 2.65 bits per heavy atom. The number of carbonyl (C=O) groups is 1. The van der Waals surface area contributed by atoms with E-state index in [1.54, 1.807) is 7.11 Å². The largest absolute Gasteiger partial charge is 0.384 e. The molecule has 0 aromatic heterocycles. The average Bonchev–Trinajstić information content (AvgIpc) is 2.66. The summed E-state index contributed by atoms with van der Waals surface area (Å²) in [7, 11) is 1.67. The van der Waals surface area contributed by atoms with Gasteiger partial charge in [-0.25, -0.2) is 0 Å². The van der Waals surface area contributed by atoms with Crippen LogP contribution < -0.4 is 10.6 Å². The Kier molecular flexibility index (Phi) is 6.68. The number of piperidine rings is 2. The molecule has 1 unspecified atom stereocenters. The lowest BCUT2D eigenvalue weighted by molar-refractivity contribution is -0.130. The monoisotopic (exact) mass is 359 g/mol. The number of carbonyl (C=O) groups excluding carboxylic acids is 1. The number of nitrogens with zero attached hydrogens (tertiary/aromatic N) is 1. The van der Waals surface area contributed by atoms with Crippen LogP contribution in [0.3, 0.4) is 0 Å². The highest BCUT2D eigenvalue weighted by Crippen LogP contribution is 2.31. The smallest absolute Gasteiger partial charge is 0.233 e. The third-order valence-electron chi connectivity index (χ3n) is 6.00. The molecule has 0 aliphatic carbocycles. The van der Waals surface area contributed by atoms with Gasteiger partial charge in [0.05, 0.1) is 12.0 Å². The summed E-state index contributed by atoms with van der Waals surface area (Å²) in [5, 5.41) is 6.44. The Morgan fingerprint density at radius 1 is 1.27 bits per heavy atom. The van der Waals surface area contributed by atoms with E-state index in [0.29, 0.717) is 12.6 Å². The van der Waals surface area contributed by atoms with Gasteiger partial charge in [-0.2, -0.15) is 0 Å². The first-order valence-corrected chi connectivity index (χ1v) is 9.97. The predicted octanol–water partition coefficient (Wildman–Crippen LogP) is 3.02. The van der Waals surface area contributed by atoms with Crippen LogP contribution >= 0.6 is 0 Å². The van der Waals surface area contributed by atoms with Crippen LogP contribution in [0.2, 0.25) is 0 Å². The molecule has 0 spiro atoms. The Morgan fingerprint density at radius 2 is 2.00 bits per heavy atom. The first-order chi connectivity index (χ1) is 12.6. The van der Waals surface area contributed by atoms with Crippen LogP contribution in [0.4, 0.5) is 5.69 Å². The SMILES string of the molecule is COCC1(C(=O)Nc2ccc(CN3CCCCC3C)cc2)CCNCC1. The molecule has 0 radical (unpaired) electrons. The molecule has 2 saturated heterocycles. The zero-order valence-electron chi connectivity index (χ0n) is 16.2. The van der Waals surface area contributed by atoms with Gasteiger partial charge in [-0.3, -0.25) is 9.69 Å². The van der Waals surface area contributed by atoms with Gasteiger partial charge in [0.2, 0.25) is 5.91 Å². The van der Waals surface area contributed by atoms with Crippen molar-refractivity contribution in [3.63, 3.8) is 0 Å². The number of methoxy groups -OCH3 is 1. The molecule has 144 valence electrons. The number of anilines is 1. The van der Waals surface area contributed by atoms with Gasteiger partial charge in [0.25, 0.3) is 0 Å². The highest BCUT2D eigenvalue weighted by Gasteiger charge is 2.39. The molecule has 1 amide bonds. The quantitative estimate of drug-likeness (QED) is 0.820. The van der Waals surface area contributed by atoms with Crippen molar-refractivity contribution in [1.82, 2.24) is 10.2 Å². The number of likely N-dealkylation sites (tertiary alicyclic amines) is 1. The minimum absolute atomic E-state index is 0.0817. The molecule has 5 nitrogen and oxygen atoms in total. The molecular weight excluding hydrogens is 326 g/mol. The summed E-state index contributed by atoms with van der Waals surface area (Å²) in [6, 6.07) is 9.01. The maximum atomic E-state index is 12.9. The second-order valence-corrected chi connectivity index (χ2v) is 7.93. The maximum Gasteiger partial charge on any atom is 0.233 e. The second kappa shape index (κ2) is 8.98. The van der Waals surface area contributed by atoms with E-state index in [1.165, 1.54) is 31.4 Å². The van der Waals surface area contributed by atoms with Crippen LogP contribution in [0.15, 0.2) is 24.3 Å². The van der Waals surface area contributed by atoms with E-state index in [2.05, 4.69) is 34.6 Å². The lowest BCUT2D eigenvalue weighted by Crippen LogP contribution is -2.47. The summed E-state index contributed by atoms with van der Waals surface area (Å²) < 4.78 is 5.36. The van der Waals surface area contributed by atoms with Crippen molar-refractivity contribution < 1.29 is 9.53 Å². The number of amides is 1. The molecule has 0 saturated carbocycles. The van der Waals surface area contributed by atoms with E-state index in [9.17, 15) is 4.79 Å². The maximum absolute atomic E-state index is 12.9. The van der Waals surface area contributed by atoms with E-state index < -0.39 is 5.41 Å². The topological polar surface area (TPSA) is 53.6 Å². The van der Waals surface area contributed by atoms with Gasteiger partial charge < -0.3 is 15.4 Å². The number of benzene rings is 1. The summed E-state index contributed by atoms with van der Waals surface area (Å²) in [4.78, 5) is 15.5. The van der Waals surface area contributed by atoms with Crippen LogP contribution in [0.25, 0.3) is 0 Å². The van der Waals surface area contributed by atoms with Gasteiger partial charge in [0.1, 0.15) is 0 Å². The molecule has 1 aromatic rings. The number of hydrogen-bond acceptors (Lipinski definition) is 4. The third-order valence-corrected chi connectivity index (χ3v) is 6.00. The van der Waals surface area contributed by atoms with Crippen molar-refractivity contribution in [2.45, 2.75) is 51.6 Å². The van der Waals surface area contributed by atoms with Crippen LogP contribution in [0.1, 0.15) is 44.6 Å². The molecular formula is C21H33N3O2. The fourth-order valence-corrected chi connectivity index (χ4v) is 4.20. The molecule has 5 heteroatoms. The van der Waals surface area contributed by atoms with Crippen molar-refractivity contribution in [2.24, 2.45) is 5.41 Å². The van der Waals surface area contributed by atoms with Gasteiger partial charge in [-0.15, -0.1) is 0 Å². The molecule has 3 rings (SSSR count). The highest BCUT2D eigenvalue weighted by molar-refractivity contribution is 5.95. The van der Waals surface area contributed by atoms with Gasteiger partial charge in [-0.05, 0) is 69.9 Å². The summed E-state index contributed by atoms with van der Waals surface area (Å²) in [6.07, 6.45) is 5.58. The normalized spacial score (nSPS) is 23.5. The standard InChI is InChI=1S/C21H33N3O2/c1-17-5-3-4-14-24(17)15-18-6-8-19(9-7-18)23-20(25)21(16-26-2)10-12-22-13-11-21/h6-9,17,22H,3-5,10-16H2,1-2H3,(H,23,25). The minimum atomic E-state index is -0.415. The van der Waals surface area contributed by atoms with Crippen molar-refractivity contribution in [3.8, 4) is 0 Å². The third kappa shape index (κ3) is 4.64. The summed E-state index contributed by atoms with van der Waals surface area (Å²) in [5.41, 5.74) is 1.77. The molecule has 2 aliphatic heterocycles. The first-order valence-electron chi connectivity index (χ1n) is 9.97. The van der Waals surface area contributed by atoms with E-state index in [0.717, 1.165) is 38.2 Å². The number of ether oxygens (including phenoxy) is 1. The van der Waals surface area contributed by atoms with E-state index in [1.807, 2.05) is 12.1 Å². The number of nitrogens with one attached hydrogen (secondary N) is 2. The fraction of sp³-hybridized carbons (Fsp3) is 0.667. The number of hydrogen-bond donors (Lipinski definition) is 2. The molecule has 0 bridgehead atoms. The Bertz CT molecular complexity index is 576. The van der Waals surface area contributed by atoms with Gasteiger partial charge in [0.15, 0.2) is 0 Å². The summed E-state index contributed by atoms with van der Waals surface area (Å²) >= 11 is 0.